The van der Waals surface area contributed by atoms with Gasteiger partial charge < -0.3 is 0 Å². The highest BCUT2D eigenvalue weighted by Gasteiger charge is 2.68. The Kier molecular flexibility index (Phi) is 4.94. The Balaban J connectivity index is 0.920. The molecule has 0 heteroatoms. The van der Waals surface area contributed by atoms with Gasteiger partial charge in [-0.3, -0.25) is 0 Å². The van der Waals surface area contributed by atoms with E-state index in [0.717, 1.165) is 91.7 Å². The molecule has 0 nitrogen and oxygen atoms in total. The van der Waals surface area contributed by atoms with E-state index in [4.69, 9.17) is 0 Å². The van der Waals surface area contributed by atoms with Gasteiger partial charge in [0, 0.05) is 0 Å². The second kappa shape index (κ2) is 8.16. The van der Waals surface area contributed by atoms with Crippen LogP contribution in [0.3, 0.4) is 0 Å². The molecule has 16 bridgehead atoms. The van der Waals surface area contributed by atoms with Crippen molar-refractivity contribution >= 4 is 0 Å². The van der Waals surface area contributed by atoms with Gasteiger partial charge in [0.05, 0.1) is 0 Å². The second-order valence-electron chi connectivity index (χ2n) is 23.3. The van der Waals surface area contributed by atoms with Crippen molar-refractivity contribution < 1.29 is 0 Å². The summed E-state index contributed by atoms with van der Waals surface area (Å²) in [5.41, 5.74) is 4.67. The van der Waals surface area contributed by atoms with E-state index in [-0.39, 0.29) is 0 Å². The van der Waals surface area contributed by atoms with Crippen molar-refractivity contribution in [2.75, 3.05) is 0 Å². The predicted molar refractivity (Wildman–Crippen MR) is 174 cm³/mol. The van der Waals surface area contributed by atoms with Gasteiger partial charge in [0.2, 0.25) is 0 Å². The van der Waals surface area contributed by atoms with Crippen LogP contribution in [0, 0.1) is 91.7 Å². The summed E-state index contributed by atoms with van der Waals surface area (Å²) in [4.78, 5) is 0. The molecule has 0 atom stereocenters. The maximum Gasteiger partial charge on any atom is -0.0279 e. The highest BCUT2D eigenvalue weighted by molar-refractivity contribution is 5.19. The molecule has 0 spiro atoms. The molecule has 0 unspecified atom stereocenters. The Hall–Kier alpha value is 0. The van der Waals surface area contributed by atoms with Gasteiger partial charge in [-0.1, -0.05) is 0 Å². The molecular weight excluding hydrogens is 516 g/mol. The van der Waals surface area contributed by atoms with Crippen LogP contribution in [0.5, 0.6) is 0 Å². The van der Waals surface area contributed by atoms with Crippen LogP contribution in [0.15, 0.2) is 0 Å². The molecule has 16 aliphatic rings. The standard InChI is InChI=1S/C43H64/c1-28-2-30-3-29(1)11-38(10-28,12-30)22-41-19-37-20-42(25-41,23-39-13-31-4-32(14-39)6-33(5-31)15-39)27-43(21-37,26-41)24-40-16-34-7-35(17-40)9-36(8-34)18-40/h28-37H,1-27H2. The first kappa shape index (κ1) is 26.0. The zero-order chi connectivity index (χ0) is 27.9. The topological polar surface area (TPSA) is 0 Å². The minimum absolute atomic E-state index is 0.760. The van der Waals surface area contributed by atoms with Crippen LogP contribution in [0.25, 0.3) is 0 Å². The molecule has 16 saturated carbocycles. The van der Waals surface area contributed by atoms with E-state index in [0.29, 0.717) is 0 Å². The first-order valence-electron chi connectivity index (χ1n) is 20.7. The molecule has 0 aromatic carbocycles. The number of rotatable bonds is 6. The fraction of sp³-hybridized carbons (Fsp3) is 1.00. The van der Waals surface area contributed by atoms with Crippen molar-refractivity contribution in [2.45, 2.75) is 173 Å². The zero-order valence-electron chi connectivity index (χ0n) is 27.9. The van der Waals surface area contributed by atoms with Gasteiger partial charge >= 0.3 is 0 Å². The fourth-order valence-electron chi connectivity index (χ4n) is 21.6. The van der Waals surface area contributed by atoms with Crippen LogP contribution >= 0.6 is 0 Å². The molecule has 236 valence electrons. The van der Waals surface area contributed by atoms with E-state index in [2.05, 4.69) is 0 Å². The van der Waals surface area contributed by atoms with Crippen molar-refractivity contribution in [2.24, 2.45) is 91.7 Å². The van der Waals surface area contributed by atoms with Crippen LogP contribution in [-0.4, -0.2) is 0 Å². The molecule has 16 aliphatic carbocycles. The highest BCUT2D eigenvalue weighted by atomic mass is 14.7. The van der Waals surface area contributed by atoms with Gasteiger partial charge in [-0.05, 0) is 265 Å². The highest BCUT2D eigenvalue weighted by Crippen LogP contribution is 2.79. The summed E-state index contributed by atoms with van der Waals surface area (Å²) >= 11 is 0. The van der Waals surface area contributed by atoms with Crippen molar-refractivity contribution in [3.63, 3.8) is 0 Å². The summed E-state index contributed by atoms with van der Waals surface area (Å²) in [7, 11) is 0. The zero-order valence-corrected chi connectivity index (χ0v) is 27.9. The average Bonchev–Trinajstić information content (AvgIpc) is 2.83. The lowest BCUT2D eigenvalue weighted by atomic mass is 9.32. The first-order valence-corrected chi connectivity index (χ1v) is 20.7. The molecule has 0 saturated heterocycles. The van der Waals surface area contributed by atoms with E-state index in [1.165, 1.54) is 0 Å². The lowest BCUT2D eigenvalue weighted by molar-refractivity contribution is -0.220. The van der Waals surface area contributed by atoms with Crippen molar-refractivity contribution in [3.05, 3.63) is 0 Å². The second-order valence-corrected chi connectivity index (χ2v) is 23.3. The third-order valence-electron chi connectivity index (χ3n) is 19.2. The minimum Gasteiger partial charge on any atom is -0.0475 e. The van der Waals surface area contributed by atoms with E-state index >= 15 is 0 Å². The Labute approximate surface area is 264 Å². The summed E-state index contributed by atoms with van der Waals surface area (Å²) in [6, 6.07) is 0. The van der Waals surface area contributed by atoms with Crippen LogP contribution in [0.2, 0.25) is 0 Å². The monoisotopic (exact) mass is 581 g/mol. The lowest BCUT2D eigenvalue weighted by Gasteiger charge is -2.72. The molecule has 0 aromatic heterocycles. The third kappa shape index (κ3) is 3.86. The summed E-state index contributed by atoms with van der Waals surface area (Å²) in [6.45, 7) is 0. The molecule has 0 radical (unpaired) electrons. The predicted octanol–water partition coefficient (Wildman–Crippen LogP) is 11.8. The van der Waals surface area contributed by atoms with Crippen LogP contribution in [-0.2, 0) is 0 Å². The van der Waals surface area contributed by atoms with Gasteiger partial charge in [-0.15, -0.1) is 0 Å². The van der Waals surface area contributed by atoms with Crippen molar-refractivity contribution in [1.29, 1.82) is 0 Å². The quantitative estimate of drug-likeness (QED) is 0.293. The molecule has 0 aliphatic heterocycles. The van der Waals surface area contributed by atoms with Crippen LogP contribution < -0.4 is 0 Å². The van der Waals surface area contributed by atoms with Gasteiger partial charge in [-0.2, -0.15) is 0 Å². The minimum atomic E-state index is 0.760. The molecule has 0 aromatic rings. The van der Waals surface area contributed by atoms with E-state index in [1.807, 2.05) is 0 Å². The SMILES string of the molecule is C1C2CC3CC1CC(CC14CC5CC(CC67CC8CC(CC(C8)C6)C7)(C1)CC(CC16CC7CC(CC(C7)C1)C6)(C5)C4)(C2)C3. The molecule has 0 heterocycles. The van der Waals surface area contributed by atoms with Crippen molar-refractivity contribution in [1.82, 2.24) is 0 Å². The van der Waals surface area contributed by atoms with Gasteiger partial charge in [0.15, 0.2) is 0 Å². The van der Waals surface area contributed by atoms with E-state index in [9.17, 15) is 0 Å². The summed E-state index contributed by atoms with van der Waals surface area (Å²) in [5, 5.41) is 0. The van der Waals surface area contributed by atoms with Gasteiger partial charge in [0.1, 0.15) is 0 Å². The van der Waals surface area contributed by atoms with E-state index < -0.39 is 0 Å². The maximum atomic E-state index is 1.73. The lowest BCUT2D eigenvalue weighted by Crippen LogP contribution is -2.62. The Morgan fingerprint density at radius 3 is 0.628 bits per heavy atom. The Morgan fingerprint density at radius 1 is 0.233 bits per heavy atom. The molecule has 0 N–H and O–H groups in total. The average molecular weight is 581 g/mol. The normalized spacial score (nSPS) is 66.1. The number of hydrogen-bond donors (Lipinski definition) is 0. The third-order valence-corrected chi connectivity index (χ3v) is 19.2. The fourth-order valence-corrected chi connectivity index (χ4v) is 21.6. The van der Waals surface area contributed by atoms with E-state index in [1.54, 1.807) is 173 Å². The Morgan fingerprint density at radius 2 is 0.419 bits per heavy atom. The van der Waals surface area contributed by atoms with Crippen molar-refractivity contribution in [3.8, 4) is 0 Å². The van der Waals surface area contributed by atoms with Crippen LogP contribution in [0.1, 0.15) is 173 Å². The summed E-state index contributed by atoms with van der Waals surface area (Å²) in [6.07, 6.45) is 45.3. The molecular formula is C43H64. The largest absolute Gasteiger partial charge is 0.0475 e. The molecule has 43 heavy (non-hydrogen) atoms. The first-order chi connectivity index (χ1) is 20.7. The smallest absolute Gasteiger partial charge is 0.0279 e. The van der Waals surface area contributed by atoms with Gasteiger partial charge in [0.25, 0.3) is 0 Å². The molecule has 16 fully saturated rings. The maximum absolute atomic E-state index is 1.73. The van der Waals surface area contributed by atoms with Crippen LogP contribution in [0.4, 0.5) is 0 Å². The van der Waals surface area contributed by atoms with Gasteiger partial charge in [-0.25, -0.2) is 0 Å². The number of hydrogen-bond acceptors (Lipinski definition) is 0. The Bertz CT molecular complexity index is 939. The summed E-state index contributed by atoms with van der Waals surface area (Å²) < 4.78 is 0. The molecule has 0 amide bonds. The summed E-state index contributed by atoms with van der Waals surface area (Å²) in [5.74, 6) is 11.4. The molecule has 16 rings (SSSR count).